The molecule has 1 N–H and O–H groups in total. The largest absolute Gasteiger partial charge is 0.461 e. The Morgan fingerprint density at radius 3 is 2.48 bits per heavy atom. The topological polar surface area (TPSA) is 46.5 Å². The minimum Gasteiger partial charge on any atom is -0.461 e. The first-order valence-corrected chi connectivity index (χ1v) is 8.46. The summed E-state index contributed by atoms with van der Waals surface area (Å²) in [5, 5.41) is 10.5. The van der Waals surface area contributed by atoms with Gasteiger partial charge < -0.3 is 9.84 Å². The summed E-state index contributed by atoms with van der Waals surface area (Å²) in [6.45, 7) is 0.0710. The fraction of sp³-hybridized carbons (Fsp3) is 0.316. The first-order valence-electron chi connectivity index (χ1n) is 7.92. The summed E-state index contributed by atoms with van der Waals surface area (Å²) in [4.78, 5) is 12.4. The van der Waals surface area contributed by atoms with E-state index in [9.17, 15) is 18.7 Å². The van der Waals surface area contributed by atoms with Gasteiger partial charge in [0.15, 0.2) is 11.6 Å². The highest BCUT2D eigenvalue weighted by atomic mass is 35.5. The van der Waals surface area contributed by atoms with Gasteiger partial charge in [-0.05, 0) is 36.1 Å². The van der Waals surface area contributed by atoms with Crippen molar-refractivity contribution in [1.29, 1.82) is 0 Å². The predicted octanol–water partition coefficient (Wildman–Crippen LogP) is 4.38. The second-order valence-electron chi connectivity index (χ2n) is 5.65. The average Bonchev–Trinajstić information content (AvgIpc) is 2.63. The minimum atomic E-state index is -1.30. The van der Waals surface area contributed by atoms with Gasteiger partial charge in [0.25, 0.3) is 0 Å². The van der Waals surface area contributed by atoms with Crippen LogP contribution in [0.3, 0.4) is 0 Å². The highest BCUT2D eigenvalue weighted by Gasteiger charge is 2.29. The number of hydrogen-bond donors (Lipinski definition) is 1. The van der Waals surface area contributed by atoms with E-state index in [-0.39, 0.29) is 18.6 Å². The quantitative estimate of drug-likeness (QED) is 0.555. The lowest BCUT2D eigenvalue weighted by molar-refractivity contribution is -0.154. The van der Waals surface area contributed by atoms with E-state index in [2.05, 4.69) is 0 Å². The SMILES string of the molecule is O=C(OCc1ccccc1)C(CCCCl)C(O)c1ccc(F)c(F)c1. The van der Waals surface area contributed by atoms with Crippen LogP contribution in [0.25, 0.3) is 0 Å². The van der Waals surface area contributed by atoms with Gasteiger partial charge in [0, 0.05) is 5.88 Å². The Morgan fingerprint density at radius 2 is 1.84 bits per heavy atom. The van der Waals surface area contributed by atoms with Crippen LogP contribution in [0, 0.1) is 17.6 Å². The molecule has 0 aliphatic rings. The summed E-state index contributed by atoms with van der Waals surface area (Å²) in [5.74, 6) is -3.30. The van der Waals surface area contributed by atoms with Crippen molar-refractivity contribution >= 4 is 17.6 Å². The first-order chi connectivity index (χ1) is 12.0. The van der Waals surface area contributed by atoms with Crippen molar-refractivity contribution in [2.75, 3.05) is 5.88 Å². The lowest BCUT2D eigenvalue weighted by Gasteiger charge is -2.22. The maximum Gasteiger partial charge on any atom is 0.312 e. The summed E-state index contributed by atoms with van der Waals surface area (Å²) in [6.07, 6.45) is -0.549. The molecule has 0 bridgehead atoms. The van der Waals surface area contributed by atoms with Crippen LogP contribution in [0.15, 0.2) is 48.5 Å². The number of aliphatic hydroxyl groups excluding tert-OH is 1. The molecular formula is C19H19ClF2O3. The summed E-state index contributed by atoms with van der Waals surface area (Å²) in [6, 6.07) is 12.2. The number of hydrogen-bond acceptors (Lipinski definition) is 3. The third-order valence-corrected chi connectivity index (χ3v) is 4.11. The van der Waals surface area contributed by atoms with Crippen molar-refractivity contribution in [3.8, 4) is 0 Å². The van der Waals surface area contributed by atoms with Gasteiger partial charge in [-0.3, -0.25) is 4.79 Å². The maximum atomic E-state index is 13.4. The normalized spacial score (nSPS) is 13.3. The Labute approximate surface area is 150 Å². The van der Waals surface area contributed by atoms with E-state index in [4.69, 9.17) is 16.3 Å². The maximum absolute atomic E-state index is 13.4. The van der Waals surface area contributed by atoms with E-state index in [1.165, 1.54) is 6.07 Å². The molecular weight excluding hydrogens is 350 g/mol. The van der Waals surface area contributed by atoms with Crippen molar-refractivity contribution in [2.24, 2.45) is 5.92 Å². The summed E-state index contributed by atoms with van der Waals surface area (Å²) in [5.41, 5.74) is 0.935. The number of esters is 1. The molecule has 2 aromatic carbocycles. The molecule has 134 valence electrons. The molecule has 0 aliphatic heterocycles. The van der Waals surface area contributed by atoms with E-state index in [0.717, 1.165) is 17.7 Å². The number of ether oxygens (including phenoxy) is 1. The number of alkyl halides is 1. The van der Waals surface area contributed by atoms with Crippen LogP contribution in [0.2, 0.25) is 0 Å². The molecule has 0 fully saturated rings. The molecule has 0 radical (unpaired) electrons. The number of carbonyl (C=O) groups excluding carboxylic acids is 1. The van der Waals surface area contributed by atoms with Crippen LogP contribution < -0.4 is 0 Å². The zero-order valence-electron chi connectivity index (χ0n) is 13.5. The van der Waals surface area contributed by atoms with Crippen molar-refractivity contribution in [2.45, 2.75) is 25.6 Å². The Balaban J connectivity index is 2.10. The molecule has 0 amide bonds. The van der Waals surface area contributed by atoms with E-state index in [1.807, 2.05) is 30.3 Å². The van der Waals surface area contributed by atoms with Crippen LogP contribution in [-0.4, -0.2) is 17.0 Å². The van der Waals surface area contributed by atoms with Gasteiger partial charge in [-0.1, -0.05) is 36.4 Å². The van der Waals surface area contributed by atoms with Crippen molar-refractivity contribution in [3.63, 3.8) is 0 Å². The van der Waals surface area contributed by atoms with Gasteiger partial charge in [0.05, 0.1) is 12.0 Å². The molecule has 3 nitrogen and oxygen atoms in total. The zero-order chi connectivity index (χ0) is 18.2. The standard InChI is InChI=1S/C19H19ClF2O3/c20-10-4-7-15(18(23)14-8-9-16(21)17(22)11-14)19(24)25-12-13-5-2-1-3-6-13/h1-3,5-6,8-9,11,15,18,23H,4,7,10,12H2. The Kier molecular flexibility index (Phi) is 7.34. The van der Waals surface area contributed by atoms with Gasteiger partial charge in [0.2, 0.25) is 0 Å². The Bertz CT molecular complexity index is 694. The van der Waals surface area contributed by atoms with Gasteiger partial charge in [-0.25, -0.2) is 8.78 Å². The lowest BCUT2D eigenvalue weighted by Crippen LogP contribution is -2.25. The summed E-state index contributed by atoms with van der Waals surface area (Å²) < 4.78 is 31.7. The molecule has 25 heavy (non-hydrogen) atoms. The van der Waals surface area contributed by atoms with E-state index >= 15 is 0 Å². The summed E-state index contributed by atoms with van der Waals surface area (Å²) >= 11 is 5.68. The average molecular weight is 369 g/mol. The monoisotopic (exact) mass is 368 g/mol. The lowest BCUT2D eigenvalue weighted by atomic mass is 9.91. The number of benzene rings is 2. The highest BCUT2D eigenvalue weighted by Crippen LogP contribution is 2.28. The van der Waals surface area contributed by atoms with Crippen molar-refractivity contribution in [1.82, 2.24) is 0 Å². The second kappa shape index (κ2) is 9.49. The molecule has 6 heteroatoms. The number of aliphatic hydroxyl groups is 1. The molecule has 2 rings (SSSR count). The van der Waals surface area contributed by atoms with Crippen molar-refractivity contribution < 1.29 is 23.4 Å². The zero-order valence-corrected chi connectivity index (χ0v) is 14.3. The molecule has 0 saturated carbocycles. The number of carbonyl (C=O) groups is 1. The highest BCUT2D eigenvalue weighted by molar-refractivity contribution is 6.17. The molecule has 2 aromatic rings. The van der Waals surface area contributed by atoms with Crippen LogP contribution in [0.4, 0.5) is 8.78 Å². The molecule has 2 unspecified atom stereocenters. The third kappa shape index (κ3) is 5.51. The molecule has 0 aromatic heterocycles. The molecule has 2 atom stereocenters. The van der Waals surface area contributed by atoms with E-state index < -0.39 is 29.6 Å². The number of rotatable bonds is 8. The molecule has 0 spiro atoms. The first kappa shape index (κ1) is 19.3. The van der Waals surface area contributed by atoms with Gasteiger partial charge in [0.1, 0.15) is 6.61 Å². The number of halogens is 3. The van der Waals surface area contributed by atoms with Crippen LogP contribution in [0.5, 0.6) is 0 Å². The second-order valence-corrected chi connectivity index (χ2v) is 6.03. The summed E-state index contributed by atoms with van der Waals surface area (Å²) in [7, 11) is 0. The molecule has 0 heterocycles. The minimum absolute atomic E-state index is 0.0710. The third-order valence-electron chi connectivity index (χ3n) is 3.84. The fourth-order valence-electron chi connectivity index (χ4n) is 2.47. The van der Waals surface area contributed by atoms with Crippen molar-refractivity contribution in [3.05, 3.63) is 71.3 Å². The van der Waals surface area contributed by atoms with Gasteiger partial charge in [-0.2, -0.15) is 0 Å². The Morgan fingerprint density at radius 1 is 1.12 bits per heavy atom. The predicted molar refractivity (Wildman–Crippen MR) is 91.0 cm³/mol. The molecule has 0 saturated heterocycles. The van der Waals surface area contributed by atoms with Gasteiger partial charge in [-0.15, -0.1) is 11.6 Å². The Hall–Kier alpha value is -1.98. The van der Waals surface area contributed by atoms with Crippen LogP contribution in [-0.2, 0) is 16.1 Å². The fourth-order valence-corrected chi connectivity index (χ4v) is 2.62. The molecule has 0 aliphatic carbocycles. The smallest absolute Gasteiger partial charge is 0.312 e. The van der Waals surface area contributed by atoms with Gasteiger partial charge >= 0.3 is 5.97 Å². The van der Waals surface area contributed by atoms with E-state index in [1.54, 1.807) is 0 Å². The van der Waals surface area contributed by atoms with Crippen LogP contribution >= 0.6 is 11.6 Å². The van der Waals surface area contributed by atoms with Crippen LogP contribution in [0.1, 0.15) is 30.1 Å². The van der Waals surface area contributed by atoms with E-state index in [0.29, 0.717) is 12.3 Å².